The van der Waals surface area contributed by atoms with Gasteiger partial charge < -0.3 is 10.1 Å². The Morgan fingerprint density at radius 2 is 1.76 bits per heavy atom. The Morgan fingerprint density at radius 1 is 1.04 bits per heavy atom. The Labute approximate surface area is 151 Å². The lowest BCUT2D eigenvalue weighted by atomic mass is 9.90. The largest absolute Gasteiger partial charge is 0.379 e. The first kappa shape index (κ1) is 18.4. The molecule has 2 aliphatic rings. The summed E-state index contributed by atoms with van der Waals surface area (Å²) in [5, 5.41) is 3.07. The molecule has 0 bridgehead atoms. The van der Waals surface area contributed by atoms with Gasteiger partial charge in [-0.05, 0) is 43.8 Å². The molecule has 3 rings (SSSR count). The van der Waals surface area contributed by atoms with E-state index >= 15 is 0 Å². The number of nitrogens with one attached hydrogen (secondary N) is 1. The van der Waals surface area contributed by atoms with Gasteiger partial charge in [0.25, 0.3) is 0 Å². The van der Waals surface area contributed by atoms with Crippen LogP contribution in [0, 0.1) is 5.92 Å². The Bertz CT molecular complexity index is 509. The van der Waals surface area contributed by atoms with Crippen molar-refractivity contribution in [3.8, 4) is 0 Å². The van der Waals surface area contributed by atoms with E-state index in [0.717, 1.165) is 58.4 Å². The van der Waals surface area contributed by atoms with Crippen LogP contribution in [0.2, 0.25) is 0 Å². The van der Waals surface area contributed by atoms with E-state index in [-0.39, 0.29) is 5.91 Å². The first-order valence-corrected chi connectivity index (χ1v) is 9.62. The number of benzene rings is 1. The number of rotatable bonds is 7. The zero-order valence-corrected chi connectivity index (χ0v) is 15.2. The topological polar surface area (TPSA) is 44.8 Å². The summed E-state index contributed by atoms with van der Waals surface area (Å²) in [7, 11) is 0. The van der Waals surface area contributed by atoms with Crippen molar-refractivity contribution in [1.82, 2.24) is 15.1 Å². The maximum atomic E-state index is 12.1. The van der Waals surface area contributed by atoms with Crippen molar-refractivity contribution < 1.29 is 9.53 Å². The highest BCUT2D eigenvalue weighted by Gasteiger charge is 2.21. The van der Waals surface area contributed by atoms with E-state index in [4.69, 9.17) is 4.74 Å². The van der Waals surface area contributed by atoms with Crippen molar-refractivity contribution in [2.75, 3.05) is 59.0 Å². The van der Waals surface area contributed by atoms with Gasteiger partial charge in [-0.3, -0.25) is 14.6 Å². The van der Waals surface area contributed by atoms with Crippen LogP contribution in [0.25, 0.3) is 0 Å². The number of hydrogen-bond donors (Lipinski definition) is 1. The number of carbonyl (C=O) groups is 1. The van der Waals surface area contributed by atoms with Crippen molar-refractivity contribution in [3.63, 3.8) is 0 Å². The van der Waals surface area contributed by atoms with E-state index in [0.29, 0.717) is 6.54 Å². The smallest absolute Gasteiger partial charge is 0.234 e. The van der Waals surface area contributed by atoms with Crippen molar-refractivity contribution in [2.24, 2.45) is 5.92 Å². The molecule has 0 radical (unpaired) electrons. The number of nitrogens with zero attached hydrogens (tertiary/aromatic N) is 2. The van der Waals surface area contributed by atoms with E-state index in [2.05, 4.69) is 45.4 Å². The van der Waals surface area contributed by atoms with Crippen LogP contribution in [0.15, 0.2) is 30.3 Å². The Balaban J connectivity index is 1.28. The average molecular weight is 345 g/mol. The monoisotopic (exact) mass is 345 g/mol. The number of ether oxygens (including phenoxy) is 1. The first-order chi connectivity index (χ1) is 12.3. The Morgan fingerprint density at radius 3 is 2.48 bits per heavy atom. The van der Waals surface area contributed by atoms with Crippen molar-refractivity contribution in [1.29, 1.82) is 0 Å². The summed E-state index contributed by atoms with van der Waals surface area (Å²) in [4.78, 5) is 16.8. The highest BCUT2D eigenvalue weighted by atomic mass is 16.5. The standard InChI is InChI=1S/C20H31N3O2/c24-20(21-8-11-22-12-14-25-15-13-22)17-23-9-6-19(7-10-23)16-18-4-2-1-3-5-18/h1-5,19H,6-17H2,(H,21,24). The molecule has 0 saturated carbocycles. The maximum Gasteiger partial charge on any atom is 0.234 e. The van der Waals surface area contributed by atoms with Crippen molar-refractivity contribution >= 4 is 5.91 Å². The molecule has 0 unspecified atom stereocenters. The zero-order valence-electron chi connectivity index (χ0n) is 15.2. The summed E-state index contributed by atoms with van der Waals surface area (Å²) in [6.07, 6.45) is 3.55. The minimum Gasteiger partial charge on any atom is -0.379 e. The lowest BCUT2D eigenvalue weighted by molar-refractivity contribution is -0.122. The molecule has 1 amide bonds. The van der Waals surface area contributed by atoms with Gasteiger partial charge in [0, 0.05) is 26.2 Å². The number of piperidine rings is 1. The molecule has 25 heavy (non-hydrogen) atoms. The summed E-state index contributed by atoms with van der Waals surface area (Å²) >= 11 is 0. The van der Waals surface area contributed by atoms with Crippen molar-refractivity contribution in [2.45, 2.75) is 19.3 Å². The number of likely N-dealkylation sites (tertiary alicyclic amines) is 1. The predicted molar refractivity (Wildman–Crippen MR) is 99.6 cm³/mol. The summed E-state index contributed by atoms with van der Waals surface area (Å²) in [6.45, 7) is 7.86. The second kappa shape index (κ2) is 9.90. The van der Waals surface area contributed by atoms with Crippen LogP contribution >= 0.6 is 0 Å². The fraction of sp³-hybridized carbons (Fsp3) is 0.650. The zero-order chi connectivity index (χ0) is 17.3. The van der Waals surface area contributed by atoms with E-state index in [9.17, 15) is 4.79 Å². The van der Waals surface area contributed by atoms with Crippen LogP contribution in [0.3, 0.4) is 0 Å². The van der Waals surface area contributed by atoms with Crippen LogP contribution in [0.5, 0.6) is 0 Å². The Hall–Kier alpha value is -1.43. The summed E-state index contributed by atoms with van der Waals surface area (Å²) in [5.41, 5.74) is 1.43. The minimum atomic E-state index is 0.162. The van der Waals surface area contributed by atoms with Crippen LogP contribution in [-0.4, -0.2) is 74.7 Å². The van der Waals surface area contributed by atoms with Gasteiger partial charge >= 0.3 is 0 Å². The molecule has 0 aliphatic carbocycles. The van der Waals surface area contributed by atoms with Crippen LogP contribution in [0.4, 0.5) is 0 Å². The molecule has 5 nitrogen and oxygen atoms in total. The number of hydrogen-bond acceptors (Lipinski definition) is 4. The number of carbonyl (C=O) groups excluding carboxylic acids is 1. The van der Waals surface area contributed by atoms with Crippen LogP contribution in [-0.2, 0) is 16.0 Å². The van der Waals surface area contributed by atoms with Gasteiger partial charge in [-0.25, -0.2) is 0 Å². The Kier molecular flexibility index (Phi) is 7.27. The highest BCUT2D eigenvalue weighted by Crippen LogP contribution is 2.21. The van der Waals surface area contributed by atoms with Crippen molar-refractivity contribution in [3.05, 3.63) is 35.9 Å². The van der Waals surface area contributed by atoms with Gasteiger partial charge in [-0.2, -0.15) is 0 Å². The van der Waals surface area contributed by atoms with Crippen LogP contribution in [0.1, 0.15) is 18.4 Å². The molecule has 2 heterocycles. The molecule has 1 N–H and O–H groups in total. The maximum absolute atomic E-state index is 12.1. The fourth-order valence-electron chi connectivity index (χ4n) is 3.73. The lowest BCUT2D eigenvalue weighted by Gasteiger charge is -2.31. The molecular weight excluding hydrogens is 314 g/mol. The third-order valence-electron chi connectivity index (χ3n) is 5.30. The molecule has 0 spiro atoms. The molecule has 0 aromatic heterocycles. The third kappa shape index (κ3) is 6.42. The van der Waals surface area contributed by atoms with E-state index in [1.54, 1.807) is 0 Å². The van der Waals surface area contributed by atoms with Gasteiger partial charge in [-0.15, -0.1) is 0 Å². The predicted octanol–water partition coefficient (Wildman–Crippen LogP) is 1.39. The van der Waals surface area contributed by atoms with E-state index in [1.807, 2.05) is 0 Å². The molecule has 1 aromatic rings. The lowest BCUT2D eigenvalue weighted by Crippen LogP contribution is -2.45. The third-order valence-corrected chi connectivity index (χ3v) is 5.30. The average Bonchev–Trinajstić information content (AvgIpc) is 2.65. The molecule has 2 fully saturated rings. The summed E-state index contributed by atoms with van der Waals surface area (Å²) in [6, 6.07) is 10.7. The normalized spacial score (nSPS) is 20.5. The van der Waals surface area contributed by atoms with Crippen LogP contribution < -0.4 is 5.32 Å². The fourth-order valence-corrected chi connectivity index (χ4v) is 3.73. The van der Waals surface area contributed by atoms with E-state index < -0.39 is 0 Å². The van der Waals surface area contributed by atoms with E-state index in [1.165, 1.54) is 24.8 Å². The quantitative estimate of drug-likeness (QED) is 0.811. The van der Waals surface area contributed by atoms with Gasteiger partial charge in [0.1, 0.15) is 0 Å². The molecule has 2 aliphatic heterocycles. The molecule has 0 atom stereocenters. The number of morpholine rings is 1. The second-order valence-corrected chi connectivity index (χ2v) is 7.21. The molecular formula is C20H31N3O2. The molecule has 2 saturated heterocycles. The summed E-state index contributed by atoms with van der Waals surface area (Å²) in [5.74, 6) is 0.915. The SMILES string of the molecule is O=C(CN1CCC(Cc2ccccc2)CC1)NCCN1CCOCC1. The summed E-state index contributed by atoms with van der Waals surface area (Å²) < 4.78 is 5.34. The molecule has 1 aromatic carbocycles. The van der Waals surface area contributed by atoms with Gasteiger partial charge in [0.05, 0.1) is 19.8 Å². The highest BCUT2D eigenvalue weighted by molar-refractivity contribution is 5.78. The molecule has 138 valence electrons. The second-order valence-electron chi connectivity index (χ2n) is 7.21. The first-order valence-electron chi connectivity index (χ1n) is 9.62. The number of amides is 1. The molecule has 5 heteroatoms. The van der Waals surface area contributed by atoms with Gasteiger partial charge in [0.2, 0.25) is 5.91 Å². The van der Waals surface area contributed by atoms with Gasteiger partial charge in [0.15, 0.2) is 0 Å². The minimum absolute atomic E-state index is 0.162. The van der Waals surface area contributed by atoms with Gasteiger partial charge in [-0.1, -0.05) is 30.3 Å².